The molecule has 0 unspecified atom stereocenters. The molecule has 180 valence electrons. The molecule has 1 amide bonds. The number of sulfonamides is 1. The smallest absolute Gasteiger partial charge is 0.252 e. The third-order valence-corrected chi connectivity index (χ3v) is 7.56. The number of pyridine rings is 1. The number of benzene rings is 2. The molecule has 2 heterocycles. The lowest BCUT2D eigenvalue weighted by Gasteiger charge is -2.29. The minimum Gasteiger partial charge on any atom is -0.383 e. The molecule has 0 saturated heterocycles. The summed E-state index contributed by atoms with van der Waals surface area (Å²) in [5, 5.41) is 3.87. The number of nitrogens with zero attached hydrogens (tertiary/aromatic N) is 2. The van der Waals surface area contributed by atoms with Gasteiger partial charge in [0.25, 0.3) is 5.91 Å². The van der Waals surface area contributed by atoms with Gasteiger partial charge in [-0.3, -0.25) is 14.7 Å². The Balaban J connectivity index is 1.53. The molecule has 4 rings (SSSR count). The van der Waals surface area contributed by atoms with Gasteiger partial charge in [-0.1, -0.05) is 37.3 Å². The van der Waals surface area contributed by atoms with E-state index in [1.165, 1.54) is 7.11 Å². The highest BCUT2D eigenvalue weighted by Crippen LogP contribution is 2.28. The zero-order valence-corrected chi connectivity index (χ0v) is 20.3. The van der Waals surface area contributed by atoms with Crippen LogP contribution in [0.15, 0.2) is 53.4 Å². The summed E-state index contributed by atoms with van der Waals surface area (Å²) in [6, 6.07) is 14.3. The molecule has 0 fully saturated rings. The molecule has 1 aromatic heterocycles. The summed E-state index contributed by atoms with van der Waals surface area (Å²) in [5.41, 5.74) is 4.30. The second-order valence-electron chi connectivity index (χ2n) is 8.27. The maximum absolute atomic E-state index is 13.4. The fourth-order valence-electron chi connectivity index (χ4n) is 4.19. The van der Waals surface area contributed by atoms with Crippen molar-refractivity contribution in [1.29, 1.82) is 0 Å². The van der Waals surface area contributed by atoms with Crippen LogP contribution in [0.2, 0.25) is 0 Å². The van der Waals surface area contributed by atoms with E-state index in [4.69, 9.17) is 9.72 Å². The highest BCUT2D eigenvalue weighted by atomic mass is 32.2. The number of carbonyl (C=O) groups excluding carboxylic acids is 1. The van der Waals surface area contributed by atoms with Crippen LogP contribution in [0.5, 0.6) is 0 Å². The zero-order chi connectivity index (χ0) is 24.1. The molecule has 3 aromatic rings. The quantitative estimate of drug-likeness (QED) is 0.455. The Morgan fingerprint density at radius 1 is 1.15 bits per heavy atom. The summed E-state index contributed by atoms with van der Waals surface area (Å²) in [7, 11) is -2.08. The first-order chi connectivity index (χ1) is 16.4. The first-order valence-corrected chi connectivity index (χ1v) is 12.9. The van der Waals surface area contributed by atoms with Crippen molar-refractivity contribution in [3.63, 3.8) is 0 Å². The van der Waals surface area contributed by atoms with E-state index in [1.807, 2.05) is 24.3 Å². The van der Waals surface area contributed by atoms with Gasteiger partial charge in [-0.15, -0.1) is 0 Å². The van der Waals surface area contributed by atoms with Crippen LogP contribution in [-0.4, -0.2) is 57.6 Å². The molecular weight excluding hydrogens is 452 g/mol. The predicted molar refractivity (Wildman–Crippen MR) is 131 cm³/mol. The number of hydrogen-bond donors (Lipinski definition) is 2. The lowest BCUT2D eigenvalue weighted by molar-refractivity contribution is 0.0949. The average Bonchev–Trinajstić information content (AvgIpc) is 2.85. The molecule has 0 atom stereocenters. The highest BCUT2D eigenvalue weighted by Gasteiger charge is 2.25. The van der Waals surface area contributed by atoms with Crippen molar-refractivity contribution in [2.24, 2.45) is 0 Å². The third kappa shape index (κ3) is 5.28. The Hall–Kier alpha value is -2.85. The van der Waals surface area contributed by atoms with Crippen molar-refractivity contribution in [2.45, 2.75) is 31.3 Å². The minimum atomic E-state index is -3.59. The largest absolute Gasteiger partial charge is 0.383 e. The van der Waals surface area contributed by atoms with Gasteiger partial charge in [-0.25, -0.2) is 13.1 Å². The number of hydrogen-bond acceptors (Lipinski definition) is 6. The molecule has 0 spiro atoms. The van der Waals surface area contributed by atoms with Crippen LogP contribution in [-0.2, 0) is 34.3 Å². The first kappa shape index (κ1) is 24.3. The van der Waals surface area contributed by atoms with Crippen LogP contribution < -0.4 is 10.0 Å². The number of para-hydroxylation sites is 1. The van der Waals surface area contributed by atoms with Gasteiger partial charge in [0.1, 0.15) is 0 Å². The fourth-order valence-corrected chi connectivity index (χ4v) is 5.21. The molecule has 2 N–H and O–H groups in total. The van der Waals surface area contributed by atoms with E-state index in [-0.39, 0.29) is 17.3 Å². The number of aromatic nitrogens is 1. The van der Waals surface area contributed by atoms with E-state index in [0.29, 0.717) is 25.3 Å². The number of ether oxygens (including phenoxy) is 1. The molecule has 0 bridgehead atoms. The fraction of sp³-hybridized carbons (Fsp3) is 0.360. The van der Waals surface area contributed by atoms with Crippen molar-refractivity contribution in [2.75, 3.05) is 33.4 Å². The summed E-state index contributed by atoms with van der Waals surface area (Å²) < 4.78 is 32.0. The number of likely N-dealkylation sites (N-methyl/N-ethyl adjacent to an activating group) is 1. The summed E-state index contributed by atoms with van der Waals surface area (Å²) in [6.45, 7) is 5.47. The van der Waals surface area contributed by atoms with Crippen LogP contribution in [0, 0.1) is 0 Å². The maximum atomic E-state index is 13.4. The van der Waals surface area contributed by atoms with Crippen molar-refractivity contribution < 1.29 is 17.9 Å². The van der Waals surface area contributed by atoms with Gasteiger partial charge in [0, 0.05) is 56.4 Å². The van der Waals surface area contributed by atoms with E-state index in [9.17, 15) is 13.2 Å². The van der Waals surface area contributed by atoms with Gasteiger partial charge in [0.2, 0.25) is 10.0 Å². The van der Waals surface area contributed by atoms with Crippen LogP contribution in [0.4, 0.5) is 0 Å². The number of fused-ring (bicyclic) bond motifs is 2. The monoisotopic (exact) mass is 482 g/mol. The van der Waals surface area contributed by atoms with Crippen molar-refractivity contribution in [3.8, 4) is 0 Å². The lowest BCUT2D eigenvalue weighted by Crippen LogP contribution is -2.34. The molecule has 0 radical (unpaired) electrons. The summed E-state index contributed by atoms with van der Waals surface area (Å²) in [6.07, 6.45) is 0.822. The van der Waals surface area contributed by atoms with Gasteiger partial charge in [0.15, 0.2) is 0 Å². The molecule has 34 heavy (non-hydrogen) atoms. The Kier molecular flexibility index (Phi) is 7.57. The van der Waals surface area contributed by atoms with Gasteiger partial charge < -0.3 is 10.1 Å². The number of methoxy groups -OCH3 is 1. The van der Waals surface area contributed by atoms with Crippen LogP contribution >= 0.6 is 0 Å². The molecule has 0 aliphatic carbocycles. The lowest BCUT2D eigenvalue weighted by atomic mass is 9.95. The topological polar surface area (TPSA) is 101 Å². The molecule has 2 aromatic carbocycles. The SMILES string of the molecule is CCN1CCc2nc3ccccc3c(C(=O)NCc3ccc(S(=O)(=O)NCCOC)cc3)c2C1. The van der Waals surface area contributed by atoms with Gasteiger partial charge in [0.05, 0.1) is 22.6 Å². The van der Waals surface area contributed by atoms with Crippen molar-refractivity contribution in [1.82, 2.24) is 19.9 Å². The molecule has 1 aliphatic rings. The molecular formula is C25H30N4O4S. The van der Waals surface area contributed by atoms with Gasteiger partial charge in [-0.2, -0.15) is 0 Å². The maximum Gasteiger partial charge on any atom is 0.252 e. The Labute approximate surface area is 200 Å². The number of rotatable bonds is 9. The Morgan fingerprint density at radius 2 is 1.91 bits per heavy atom. The summed E-state index contributed by atoms with van der Waals surface area (Å²) >= 11 is 0. The van der Waals surface area contributed by atoms with E-state index in [1.54, 1.807) is 24.3 Å². The van der Waals surface area contributed by atoms with Crippen LogP contribution in [0.1, 0.15) is 34.1 Å². The standard InChI is InChI=1S/C25H30N4O4S/c1-3-29-14-12-23-21(17-29)24(20-6-4-5-7-22(20)28-23)25(30)26-16-18-8-10-19(11-9-18)34(31,32)27-13-15-33-2/h4-11,27H,3,12-17H2,1-2H3,(H,26,30). The first-order valence-electron chi connectivity index (χ1n) is 11.4. The number of carbonyl (C=O) groups is 1. The predicted octanol–water partition coefficient (Wildman–Crippen LogP) is 2.47. The van der Waals surface area contributed by atoms with Gasteiger partial charge in [-0.05, 0) is 30.3 Å². The Bertz CT molecular complexity index is 1280. The molecule has 9 heteroatoms. The van der Waals surface area contributed by atoms with E-state index < -0.39 is 10.0 Å². The van der Waals surface area contributed by atoms with Gasteiger partial charge >= 0.3 is 0 Å². The minimum absolute atomic E-state index is 0.147. The average molecular weight is 483 g/mol. The van der Waals surface area contributed by atoms with Crippen molar-refractivity contribution in [3.05, 3.63) is 70.9 Å². The second kappa shape index (κ2) is 10.6. The number of amides is 1. The van der Waals surface area contributed by atoms with Crippen LogP contribution in [0.25, 0.3) is 10.9 Å². The second-order valence-corrected chi connectivity index (χ2v) is 10.0. The van der Waals surface area contributed by atoms with E-state index in [0.717, 1.165) is 47.2 Å². The molecule has 8 nitrogen and oxygen atoms in total. The van der Waals surface area contributed by atoms with E-state index in [2.05, 4.69) is 21.9 Å². The summed E-state index contributed by atoms with van der Waals surface area (Å²) in [5.74, 6) is -0.147. The molecule has 1 aliphatic heterocycles. The third-order valence-electron chi connectivity index (χ3n) is 6.08. The van der Waals surface area contributed by atoms with Crippen molar-refractivity contribution >= 4 is 26.8 Å². The summed E-state index contributed by atoms with van der Waals surface area (Å²) in [4.78, 5) is 20.7. The normalized spacial score (nSPS) is 14.2. The Morgan fingerprint density at radius 3 is 2.65 bits per heavy atom. The highest BCUT2D eigenvalue weighted by molar-refractivity contribution is 7.89. The van der Waals surface area contributed by atoms with Crippen LogP contribution in [0.3, 0.4) is 0 Å². The number of nitrogens with one attached hydrogen (secondary N) is 2. The molecule has 0 saturated carbocycles. The van der Waals surface area contributed by atoms with E-state index >= 15 is 0 Å². The zero-order valence-electron chi connectivity index (χ0n) is 19.5.